The van der Waals surface area contributed by atoms with E-state index in [0.29, 0.717) is 30.1 Å². The first-order chi connectivity index (χ1) is 16.1. The molecular formula is C26H34N4O3. The highest BCUT2D eigenvalue weighted by Gasteiger charge is 2.22. The van der Waals surface area contributed by atoms with Crippen molar-refractivity contribution < 1.29 is 14.0 Å². The van der Waals surface area contributed by atoms with Crippen molar-refractivity contribution in [3.8, 4) is 34.5 Å². The summed E-state index contributed by atoms with van der Waals surface area (Å²) in [4.78, 5) is 9.39. The third kappa shape index (κ3) is 5.36. The minimum atomic E-state index is 0.469. The van der Waals surface area contributed by atoms with Crippen LogP contribution in [0.1, 0.15) is 61.8 Å². The highest BCUT2D eigenvalue weighted by atomic mass is 16.5. The summed E-state index contributed by atoms with van der Waals surface area (Å²) in [6.07, 6.45) is 6.66. The molecule has 0 radical (unpaired) electrons. The predicted molar refractivity (Wildman–Crippen MR) is 129 cm³/mol. The number of hydrogen-bond donors (Lipinski definition) is 1. The van der Waals surface area contributed by atoms with Crippen molar-refractivity contribution in [2.45, 2.75) is 58.3 Å². The van der Waals surface area contributed by atoms with Gasteiger partial charge >= 0.3 is 0 Å². The normalized spacial score (nSPS) is 14.1. The first-order valence-electron chi connectivity index (χ1n) is 11.9. The molecule has 1 N–H and O–H groups in total. The number of nitrogens with zero attached hydrogens (tertiary/aromatic N) is 3. The van der Waals surface area contributed by atoms with Gasteiger partial charge in [0.25, 0.3) is 5.89 Å². The molecule has 2 aromatic heterocycles. The van der Waals surface area contributed by atoms with Gasteiger partial charge in [0.05, 0.1) is 13.7 Å². The third-order valence-corrected chi connectivity index (χ3v) is 6.29. The largest absolute Gasteiger partial charge is 0.493 e. The van der Waals surface area contributed by atoms with Crippen LogP contribution in [0.3, 0.4) is 0 Å². The van der Waals surface area contributed by atoms with Crippen LogP contribution in [0.4, 0.5) is 0 Å². The number of benzene rings is 1. The molecule has 3 aromatic rings. The van der Waals surface area contributed by atoms with E-state index in [-0.39, 0.29) is 0 Å². The molecule has 0 bridgehead atoms. The number of ether oxygens (including phenoxy) is 2. The first kappa shape index (κ1) is 23.2. The SMILES string of the molecule is CCc1cc(-c2noc(-c3cc(OC)nc(C4CCCC4)c3)n2)cc(C)c1OCCCNC. The summed E-state index contributed by atoms with van der Waals surface area (Å²) in [6.45, 7) is 5.83. The summed E-state index contributed by atoms with van der Waals surface area (Å²) in [5, 5.41) is 7.43. The Hall–Kier alpha value is -2.93. The van der Waals surface area contributed by atoms with Crippen molar-refractivity contribution in [2.75, 3.05) is 27.3 Å². The molecule has 176 valence electrons. The van der Waals surface area contributed by atoms with E-state index in [1.54, 1.807) is 7.11 Å². The van der Waals surface area contributed by atoms with Crippen LogP contribution in [0.25, 0.3) is 22.8 Å². The van der Waals surface area contributed by atoms with Crippen molar-refractivity contribution in [1.29, 1.82) is 0 Å². The monoisotopic (exact) mass is 450 g/mol. The zero-order valence-electron chi connectivity index (χ0n) is 20.1. The summed E-state index contributed by atoms with van der Waals surface area (Å²) in [5.74, 6) is 3.06. The van der Waals surface area contributed by atoms with Gasteiger partial charge < -0.3 is 19.3 Å². The first-order valence-corrected chi connectivity index (χ1v) is 11.9. The summed E-state index contributed by atoms with van der Waals surface area (Å²) in [6, 6.07) is 8.10. The average Bonchev–Trinajstić information content (AvgIpc) is 3.55. The lowest BCUT2D eigenvalue weighted by atomic mass is 10.0. The Labute approximate surface area is 195 Å². The molecule has 0 saturated heterocycles. The molecule has 0 aliphatic heterocycles. The van der Waals surface area contributed by atoms with E-state index in [1.165, 1.54) is 12.8 Å². The van der Waals surface area contributed by atoms with Gasteiger partial charge in [-0.05, 0) is 75.5 Å². The van der Waals surface area contributed by atoms with Gasteiger partial charge in [-0.15, -0.1) is 0 Å². The standard InChI is InChI=1S/C26H34N4O3/c1-5-18-14-20(13-17(2)24(18)32-12-8-11-27-3)25-29-26(33-30-25)21-15-22(19-9-6-7-10-19)28-23(16-21)31-4/h13-16,19,27H,5-12H2,1-4H3. The Morgan fingerprint density at radius 1 is 1.09 bits per heavy atom. The zero-order chi connectivity index (χ0) is 23.2. The van der Waals surface area contributed by atoms with Crippen molar-refractivity contribution in [3.05, 3.63) is 41.1 Å². The van der Waals surface area contributed by atoms with Crippen molar-refractivity contribution in [1.82, 2.24) is 20.4 Å². The Balaban J connectivity index is 1.60. The molecular weight excluding hydrogens is 416 g/mol. The number of rotatable bonds is 10. The molecule has 0 spiro atoms. The van der Waals surface area contributed by atoms with Crippen LogP contribution in [0.5, 0.6) is 11.6 Å². The van der Waals surface area contributed by atoms with E-state index in [1.807, 2.05) is 13.1 Å². The fourth-order valence-electron chi connectivity index (χ4n) is 4.51. The molecule has 1 saturated carbocycles. The molecule has 1 aromatic carbocycles. The molecule has 1 aliphatic carbocycles. The van der Waals surface area contributed by atoms with Crippen molar-refractivity contribution in [3.63, 3.8) is 0 Å². The van der Waals surface area contributed by atoms with Crippen molar-refractivity contribution >= 4 is 0 Å². The van der Waals surface area contributed by atoms with Gasteiger partial charge in [0, 0.05) is 28.8 Å². The van der Waals surface area contributed by atoms with Crippen LogP contribution in [0.15, 0.2) is 28.8 Å². The average molecular weight is 451 g/mol. The molecule has 0 amide bonds. The Kier molecular flexibility index (Phi) is 7.60. The second-order valence-electron chi connectivity index (χ2n) is 8.67. The summed E-state index contributed by atoms with van der Waals surface area (Å²) in [7, 11) is 3.59. The van der Waals surface area contributed by atoms with Gasteiger partial charge in [0.15, 0.2) is 0 Å². The molecule has 0 atom stereocenters. The fourth-order valence-corrected chi connectivity index (χ4v) is 4.51. The maximum absolute atomic E-state index is 6.09. The maximum Gasteiger partial charge on any atom is 0.258 e. The van der Waals surface area contributed by atoms with E-state index < -0.39 is 0 Å². The van der Waals surface area contributed by atoms with Gasteiger partial charge in [-0.3, -0.25) is 0 Å². The fraction of sp³-hybridized carbons (Fsp3) is 0.500. The minimum absolute atomic E-state index is 0.469. The number of aromatic nitrogens is 3. The van der Waals surface area contributed by atoms with Gasteiger partial charge in [-0.25, -0.2) is 4.98 Å². The van der Waals surface area contributed by atoms with Gasteiger partial charge in [0.1, 0.15) is 5.75 Å². The van der Waals surface area contributed by atoms with Crippen LogP contribution in [-0.4, -0.2) is 42.4 Å². The summed E-state index contributed by atoms with van der Waals surface area (Å²) in [5.41, 5.74) is 5.05. The van der Waals surface area contributed by atoms with Crippen LogP contribution in [-0.2, 0) is 6.42 Å². The lowest BCUT2D eigenvalue weighted by molar-refractivity contribution is 0.305. The Morgan fingerprint density at radius 2 is 1.91 bits per heavy atom. The molecule has 33 heavy (non-hydrogen) atoms. The number of methoxy groups -OCH3 is 1. The zero-order valence-corrected chi connectivity index (χ0v) is 20.1. The van der Waals surface area contributed by atoms with Crippen LogP contribution < -0.4 is 14.8 Å². The minimum Gasteiger partial charge on any atom is -0.493 e. The quantitative estimate of drug-likeness (QED) is 0.418. The van der Waals surface area contributed by atoms with Crippen LogP contribution >= 0.6 is 0 Å². The van der Waals surface area contributed by atoms with E-state index in [0.717, 1.165) is 65.9 Å². The van der Waals surface area contributed by atoms with Gasteiger partial charge in [0.2, 0.25) is 11.7 Å². The number of aryl methyl sites for hydroxylation is 2. The van der Waals surface area contributed by atoms with E-state index in [9.17, 15) is 0 Å². The Bertz CT molecular complexity index is 1070. The van der Waals surface area contributed by atoms with E-state index in [4.69, 9.17) is 19.0 Å². The Morgan fingerprint density at radius 3 is 2.64 bits per heavy atom. The second kappa shape index (κ2) is 10.8. The molecule has 7 nitrogen and oxygen atoms in total. The van der Waals surface area contributed by atoms with Crippen molar-refractivity contribution in [2.24, 2.45) is 0 Å². The van der Waals surface area contributed by atoms with Gasteiger partial charge in [-0.2, -0.15) is 4.98 Å². The maximum atomic E-state index is 6.09. The van der Waals surface area contributed by atoms with Crippen LogP contribution in [0.2, 0.25) is 0 Å². The van der Waals surface area contributed by atoms with Crippen LogP contribution in [0, 0.1) is 6.92 Å². The van der Waals surface area contributed by atoms with E-state index in [2.05, 4.69) is 47.5 Å². The molecule has 1 fully saturated rings. The molecule has 1 aliphatic rings. The smallest absolute Gasteiger partial charge is 0.258 e. The predicted octanol–water partition coefficient (Wildman–Crippen LogP) is 5.32. The molecule has 0 unspecified atom stereocenters. The molecule has 4 rings (SSSR count). The highest BCUT2D eigenvalue weighted by Crippen LogP contribution is 2.36. The topological polar surface area (TPSA) is 82.3 Å². The number of pyridine rings is 1. The molecule has 2 heterocycles. The highest BCUT2D eigenvalue weighted by molar-refractivity contribution is 5.64. The third-order valence-electron chi connectivity index (χ3n) is 6.29. The molecule has 7 heteroatoms. The van der Waals surface area contributed by atoms with Gasteiger partial charge in [-0.1, -0.05) is 24.9 Å². The lowest BCUT2D eigenvalue weighted by Gasteiger charge is -2.14. The number of hydrogen-bond acceptors (Lipinski definition) is 7. The lowest BCUT2D eigenvalue weighted by Crippen LogP contribution is -2.12. The summed E-state index contributed by atoms with van der Waals surface area (Å²) < 4.78 is 17.2. The summed E-state index contributed by atoms with van der Waals surface area (Å²) >= 11 is 0. The number of nitrogens with one attached hydrogen (secondary N) is 1. The van der Waals surface area contributed by atoms with E-state index >= 15 is 0 Å². The second-order valence-corrected chi connectivity index (χ2v) is 8.67.